The van der Waals surface area contributed by atoms with Crippen LogP contribution < -0.4 is 0 Å². The van der Waals surface area contributed by atoms with Gasteiger partial charge in [0.15, 0.2) is 0 Å². The molecule has 0 aliphatic carbocycles. The second-order valence-electron chi connectivity index (χ2n) is 6.13. The van der Waals surface area contributed by atoms with E-state index in [-0.39, 0.29) is 5.91 Å². The Morgan fingerprint density at radius 2 is 1.96 bits per heavy atom. The van der Waals surface area contributed by atoms with Crippen molar-refractivity contribution in [2.45, 2.75) is 26.4 Å². The van der Waals surface area contributed by atoms with Crippen molar-refractivity contribution >= 4 is 17.5 Å². The van der Waals surface area contributed by atoms with Crippen LogP contribution in [-0.4, -0.2) is 51.7 Å². The molecule has 0 bridgehead atoms. The minimum atomic E-state index is 0.0862. The standard InChI is InChI=1S/C18H23ClN4O/c1-2-23-14-16(12-20-23)18(24)22-9-3-8-21(10-11-22)13-15-4-6-17(19)7-5-15/h4-7,12,14H,2-3,8-11,13H2,1H3. The summed E-state index contributed by atoms with van der Waals surface area (Å²) in [6, 6.07) is 7.98. The summed E-state index contributed by atoms with van der Waals surface area (Å²) in [6.45, 7) is 7.13. The van der Waals surface area contributed by atoms with Gasteiger partial charge in [-0.2, -0.15) is 5.10 Å². The maximum Gasteiger partial charge on any atom is 0.257 e. The summed E-state index contributed by atoms with van der Waals surface area (Å²) in [7, 11) is 0. The van der Waals surface area contributed by atoms with E-state index in [1.54, 1.807) is 10.9 Å². The van der Waals surface area contributed by atoms with Gasteiger partial charge >= 0.3 is 0 Å². The lowest BCUT2D eigenvalue weighted by atomic mass is 10.2. The highest BCUT2D eigenvalue weighted by atomic mass is 35.5. The van der Waals surface area contributed by atoms with Crippen LogP contribution in [0.25, 0.3) is 0 Å². The molecule has 128 valence electrons. The average Bonchev–Trinajstić information content (AvgIpc) is 2.96. The van der Waals surface area contributed by atoms with E-state index in [2.05, 4.69) is 22.1 Å². The molecule has 2 heterocycles. The predicted octanol–water partition coefficient (Wildman–Crippen LogP) is 2.90. The molecule has 1 saturated heterocycles. The molecule has 1 aromatic heterocycles. The van der Waals surface area contributed by atoms with Crippen LogP contribution >= 0.6 is 11.6 Å². The van der Waals surface area contributed by atoms with E-state index in [0.29, 0.717) is 5.56 Å². The number of benzene rings is 1. The Balaban J connectivity index is 1.58. The fourth-order valence-corrected chi connectivity index (χ4v) is 3.14. The maximum absolute atomic E-state index is 12.6. The van der Waals surface area contributed by atoms with Gasteiger partial charge in [0, 0.05) is 50.5 Å². The van der Waals surface area contributed by atoms with Crippen LogP contribution in [0, 0.1) is 0 Å². The largest absolute Gasteiger partial charge is 0.337 e. The number of hydrogen-bond acceptors (Lipinski definition) is 3. The van der Waals surface area contributed by atoms with E-state index in [1.165, 1.54) is 5.56 Å². The van der Waals surface area contributed by atoms with Crippen molar-refractivity contribution in [2.24, 2.45) is 0 Å². The van der Waals surface area contributed by atoms with E-state index in [1.807, 2.05) is 30.2 Å². The van der Waals surface area contributed by atoms with Gasteiger partial charge in [-0.1, -0.05) is 23.7 Å². The SMILES string of the molecule is CCn1cc(C(=O)N2CCCN(Cc3ccc(Cl)cc3)CC2)cn1. The number of carbonyl (C=O) groups is 1. The molecule has 0 unspecified atom stereocenters. The summed E-state index contributed by atoms with van der Waals surface area (Å²) in [6.07, 6.45) is 4.49. The molecular formula is C18H23ClN4O. The molecule has 3 rings (SSSR count). The van der Waals surface area contributed by atoms with E-state index in [0.717, 1.165) is 50.7 Å². The van der Waals surface area contributed by atoms with Crippen LogP contribution in [0.1, 0.15) is 29.3 Å². The summed E-state index contributed by atoms with van der Waals surface area (Å²) >= 11 is 5.94. The molecule has 6 heteroatoms. The summed E-state index contributed by atoms with van der Waals surface area (Å²) < 4.78 is 1.79. The van der Waals surface area contributed by atoms with Crippen LogP contribution in [0.3, 0.4) is 0 Å². The number of halogens is 1. The Morgan fingerprint density at radius 3 is 2.67 bits per heavy atom. The van der Waals surface area contributed by atoms with Gasteiger partial charge in [0.1, 0.15) is 0 Å². The first-order valence-corrected chi connectivity index (χ1v) is 8.82. The van der Waals surface area contributed by atoms with Crippen LogP contribution in [0.15, 0.2) is 36.7 Å². The molecule has 2 aromatic rings. The lowest BCUT2D eigenvalue weighted by Crippen LogP contribution is -2.35. The molecule has 0 radical (unpaired) electrons. The first-order chi connectivity index (χ1) is 11.7. The molecule has 1 fully saturated rings. The minimum absolute atomic E-state index is 0.0862. The van der Waals surface area contributed by atoms with Crippen molar-refractivity contribution in [3.05, 3.63) is 52.8 Å². The zero-order valence-corrected chi connectivity index (χ0v) is 14.7. The highest BCUT2D eigenvalue weighted by Crippen LogP contribution is 2.14. The second kappa shape index (κ2) is 7.81. The fraction of sp³-hybridized carbons (Fsp3) is 0.444. The van der Waals surface area contributed by atoms with Crippen molar-refractivity contribution in [1.29, 1.82) is 0 Å². The molecule has 1 aliphatic heterocycles. The average molecular weight is 347 g/mol. The Hall–Kier alpha value is -1.85. The van der Waals surface area contributed by atoms with Crippen LogP contribution in [0.4, 0.5) is 0 Å². The summed E-state index contributed by atoms with van der Waals surface area (Å²) in [5.41, 5.74) is 1.94. The number of hydrogen-bond donors (Lipinski definition) is 0. The number of nitrogens with zero attached hydrogens (tertiary/aromatic N) is 4. The van der Waals surface area contributed by atoms with Gasteiger partial charge in [-0.05, 0) is 31.0 Å². The number of rotatable bonds is 4. The molecule has 5 nitrogen and oxygen atoms in total. The molecular weight excluding hydrogens is 324 g/mol. The summed E-state index contributed by atoms with van der Waals surface area (Å²) in [5, 5.41) is 4.96. The molecule has 0 saturated carbocycles. The Labute approximate surface area is 147 Å². The van der Waals surface area contributed by atoms with Gasteiger partial charge in [0.2, 0.25) is 0 Å². The van der Waals surface area contributed by atoms with Crippen LogP contribution in [-0.2, 0) is 13.1 Å². The second-order valence-corrected chi connectivity index (χ2v) is 6.57. The van der Waals surface area contributed by atoms with E-state index in [9.17, 15) is 4.79 Å². The highest BCUT2D eigenvalue weighted by molar-refractivity contribution is 6.30. The maximum atomic E-state index is 12.6. The highest BCUT2D eigenvalue weighted by Gasteiger charge is 2.21. The Kier molecular flexibility index (Phi) is 5.53. The number of aromatic nitrogens is 2. The van der Waals surface area contributed by atoms with Gasteiger partial charge in [-0.15, -0.1) is 0 Å². The molecule has 1 amide bonds. The topological polar surface area (TPSA) is 41.4 Å². The third kappa shape index (κ3) is 4.16. The molecule has 1 aromatic carbocycles. The third-order valence-corrected chi connectivity index (χ3v) is 4.65. The third-order valence-electron chi connectivity index (χ3n) is 4.40. The quantitative estimate of drug-likeness (QED) is 0.854. The summed E-state index contributed by atoms with van der Waals surface area (Å²) in [5.74, 6) is 0.0862. The first-order valence-electron chi connectivity index (χ1n) is 8.44. The molecule has 0 atom stereocenters. The lowest BCUT2D eigenvalue weighted by molar-refractivity contribution is 0.0761. The lowest BCUT2D eigenvalue weighted by Gasteiger charge is -2.21. The van der Waals surface area contributed by atoms with E-state index < -0.39 is 0 Å². The normalized spacial score (nSPS) is 16.2. The van der Waals surface area contributed by atoms with Gasteiger partial charge in [-0.25, -0.2) is 0 Å². The Morgan fingerprint density at radius 1 is 1.17 bits per heavy atom. The van der Waals surface area contributed by atoms with Gasteiger partial charge in [0.05, 0.1) is 11.8 Å². The molecule has 24 heavy (non-hydrogen) atoms. The molecule has 0 spiro atoms. The number of amides is 1. The van der Waals surface area contributed by atoms with Crippen molar-refractivity contribution in [3.63, 3.8) is 0 Å². The predicted molar refractivity (Wildman–Crippen MR) is 95.2 cm³/mol. The number of aryl methyl sites for hydroxylation is 1. The van der Waals surface area contributed by atoms with Crippen molar-refractivity contribution in [2.75, 3.05) is 26.2 Å². The minimum Gasteiger partial charge on any atom is -0.337 e. The zero-order valence-electron chi connectivity index (χ0n) is 14.0. The summed E-state index contributed by atoms with van der Waals surface area (Å²) in [4.78, 5) is 17.0. The first kappa shape index (κ1) is 17.0. The Bertz CT molecular complexity index is 683. The van der Waals surface area contributed by atoms with Crippen molar-refractivity contribution < 1.29 is 4.79 Å². The van der Waals surface area contributed by atoms with Crippen molar-refractivity contribution in [1.82, 2.24) is 19.6 Å². The monoisotopic (exact) mass is 346 g/mol. The molecule has 1 aliphatic rings. The zero-order chi connectivity index (χ0) is 16.9. The van der Waals surface area contributed by atoms with Gasteiger partial charge < -0.3 is 4.90 Å². The fourth-order valence-electron chi connectivity index (χ4n) is 3.01. The van der Waals surface area contributed by atoms with E-state index >= 15 is 0 Å². The smallest absolute Gasteiger partial charge is 0.257 e. The van der Waals surface area contributed by atoms with Crippen LogP contribution in [0.5, 0.6) is 0 Å². The van der Waals surface area contributed by atoms with Gasteiger partial charge in [0.25, 0.3) is 5.91 Å². The van der Waals surface area contributed by atoms with E-state index in [4.69, 9.17) is 11.6 Å². The molecule has 0 N–H and O–H groups in total. The number of carbonyl (C=O) groups excluding carboxylic acids is 1. The van der Waals surface area contributed by atoms with Crippen molar-refractivity contribution in [3.8, 4) is 0 Å². The van der Waals surface area contributed by atoms with Crippen LogP contribution in [0.2, 0.25) is 5.02 Å². The van der Waals surface area contributed by atoms with Gasteiger partial charge in [-0.3, -0.25) is 14.4 Å².